The summed E-state index contributed by atoms with van der Waals surface area (Å²) in [6.07, 6.45) is 2.20. The van der Waals surface area contributed by atoms with E-state index in [0.717, 1.165) is 39.8 Å². The number of carbonyl (C=O) groups excluding carboxylic acids is 1. The fraction of sp³-hybridized carbons (Fsp3) is 0.414. The SMILES string of the molecule is C=CC(=O)N1C2CCSCC1CN(c1nc(=O)n3c4c(c(-c5cc(Cl)c(F)cc5F)c(C)cc14)SC[C@@H]3COC)C2. The van der Waals surface area contributed by atoms with Crippen LogP contribution in [0.4, 0.5) is 14.6 Å². The van der Waals surface area contributed by atoms with E-state index in [2.05, 4.69) is 16.5 Å². The molecule has 216 valence electrons. The van der Waals surface area contributed by atoms with E-state index in [9.17, 15) is 14.0 Å². The minimum Gasteiger partial charge on any atom is -0.383 e. The number of carbonyl (C=O) groups is 1. The number of thioether (sulfide) groups is 2. The average molecular weight is 619 g/mol. The highest BCUT2D eigenvalue weighted by Crippen LogP contribution is 2.47. The predicted molar refractivity (Wildman–Crippen MR) is 162 cm³/mol. The minimum absolute atomic E-state index is 0.0349. The first kappa shape index (κ1) is 28.5. The number of fused-ring (bicyclic) bond motifs is 2. The molecule has 0 N–H and O–H groups in total. The molecule has 6 rings (SSSR count). The Morgan fingerprint density at radius 1 is 1.22 bits per heavy atom. The van der Waals surface area contributed by atoms with Crippen molar-refractivity contribution >= 4 is 57.8 Å². The summed E-state index contributed by atoms with van der Waals surface area (Å²) in [4.78, 5) is 36.0. The predicted octanol–water partition coefficient (Wildman–Crippen LogP) is 5.31. The third-order valence-corrected chi connectivity index (χ3v) is 10.7. The fourth-order valence-corrected chi connectivity index (χ4v) is 8.99. The second-order valence-electron chi connectivity index (χ2n) is 10.6. The van der Waals surface area contributed by atoms with E-state index >= 15 is 4.39 Å². The lowest BCUT2D eigenvalue weighted by Gasteiger charge is -2.46. The van der Waals surface area contributed by atoms with Crippen LogP contribution in [0.2, 0.25) is 5.02 Å². The van der Waals surface area contributed by atoms with E-state index in [0.29, 0.717) is 42.3 Å². The summed E-state index contributed by atoms with van der Waals surface area (Å²) in [5, 5.41) is 0.599. The van der Waals surface area contributed by atoms with Gasteiger partial charge >= 0.3 is 5.69 Å². The molecular formula is C29H29ClF2N4O3S2. The molecule has 2 unspecified atom stereocenters. The van der Waals surface area contributed by atoms with Crippen LogP contribution in [-0.2, 0) is 9.53 Å². The highest BCUT2D eigenvalue weighted by Gasteiger charge is 2.40. The zero-order valence-electron chi connectivity index (χ0n) is 22.7. The molecule has 3 aliphatic heterocycles. The average Bonchev–Trinajstić information content (AvgIpc) is 3.07. The summed E-state index contributed by atoms with van der Waals surface area (Å²) < 4.78 is 36.4. The van der Waals surface area contributed by atoms with Crippen LogP contribution in [0, 0.1) is 18.6 Å². The minimum atomic E-state index is -0.829. The Bertz CT molecular complexity index is 1620. The van der Waals surface area contributed by atoms with Gasteiger partial charge in [0.05, 0.1) is 35.3 Å². The largest absolute Gasteiger partial charge is 0.383 e. The number of ether oxygens (including phenoxy) is 1. The Hall–Kier alpha value is -2.60. The van der Waals surface area contributed by atoms with Crippen LogP contribution in [0.25, 0.3) is 22.0 Å². The first-order valence-corrected chi connectivity index (χ1v) is 15.9. The number of anilines is 1. The van der Waals surface area contributed by atoms with Crippen LogP contribution < -0.4 is 10.6 Å². The number of benzene rings is 2. The molecule has 12 heteroatoms. The van der Waals surface area contributed by atoms with Gasteiger partial charge in [-0.25, -0.2) is 13.6 Å². The Kier molecular flexibility index (Phi) is 7.82. The van der Waals surface area contributed by atoms with Gasteiger partial charge in [-0.15, -0.1) is 11.8 Å². The number of rotatable bonds is 5. The molecule has 3 aliphatic rings. The molecule has 41 heavy (non-hydrogen) atoms. The number of hydrogen-bond acceptors (Lipinski definition) is 7. The standard InChI is InChI=1S/C29H29ClF2N4O3S2/c1-4-24(37)35-16-5-6-40-13-17(35)11-34(10-16)28-20-7-15(2)25(19-8-21(30)23(32)9-22(19)31)27-26(20)36(29(38)33-28)18(12-39-3)14-41-27/h4,7-9,16-18H,1,5-6,10-14H2,2-3H3/t16?,17?,18-/m0/s1. The highest BCUT2D eigenvalue weighted by atomic mass is 35.5. The second kappa shape index (κ2) is 11.2. The molecule has 0 radical (unpaired) electrons. The first-order valence-electron chi connectivity index (χ1n) is 13.4. The summed E-state index contributed by atoms with van der Waals surface area (Å²) in [6, 6.07) is 3.67. The van der Waals surface area contributed by atoms with Gasteiger partial charge in [-0.05, 0) is 42.9 Å². The molecule has 1 amide bonds. The maximum atomic E-state index is 15.2. The van der Waals surface area contributed by atoms with E-state index in [1.54, 1.807) is 11.7 Å². The van der Waals surface area contributed by atoms with Crippen molar-refractivity contribution in [3.8, 4) is 11.1 Å². The van der Waals surface area contributed by atoms with Crippen LogP contribution in [-0.4, -0.2) is 76.5 Å². The molecule has 2 saturated heterocycles. The molecule has 4 heterocycles. The van der Waals surface area contributed by atoms with Crippen LogP contribution in [0.5, 0.6) is 0 Å². The van der Waals surface area contributed by atoms with Crippen molar-refractivity contribution in [2.75, 3.05) is 49.0 Å². The summed E-state index contributed by atoms with van der Waals surface area (Å²) >= 11 is 9.44. The van der Waals surface area contributed by atoms with Crippen molar-refractivity contribution in [1.29, 1.82) is 0 Å². The monoisotopic (exact) mass is 618 g/mol. The molecule has 1 aromatic heterocycles. The van der Waals surface area contributed by atoms with Gasteiger partial charge in [-0.2, -0.15) is 16.7 Å². The van der Waals surface area contributed by atoms with Gasteiger partial charge in [-0.3, -0.25) is 9.36 Å². The van der Waals surface area contributed by atoms with Crippen LogP contribution in [0.15, 0.2) is 40.5 Å². The van der Waals surface area contributed by atoms with Gasteiger partial charge in [0.2, 0.25) is 5.91 Å². The number of halogens is 3. The summed E-state index contributed by atoms with van der Waals surface area (Å²) in [5.74, 6) is 1.18. The zero-order chi connectivity index (χ0) is 29.0. The quantitative estimate of drug-likeness (QED) is 0.284. The van der Waals surface area contributed by atoms with Gasteiger partial charge in [0.25, 0.3) is 0 Å². The number of amides is 1. The van der Waals surface area contributed by atoms with Crippen LogP contribution in [0.1, 0.15) is 18.0 Å². The topological polar surface area (TPSA) is 67.7 Å². The van der Waals surface area contributed by atoms with E-state index in [1.807, 2.05) is 29.7 Å². The number of aromatic nitrogens is 2. The Morgan fingerprint density at radius 2 is 2.00 bits per heavy atom. The third kappa shape index (κ3) is 4.84. The number of nitrogens with zero attached hydrogens (tertiary/aromatic N) is 4. The van der Waals surface area contributed by atoms with E-state index in [1.165, 1.54) is 23.9 Å². The normalized spacial score (nSPS) is 22.1. The van der Waals surface area contributed by atoms with Gasteiger partial charge in [-0.1, -0.05) is 18.2 Å². The van der Waals surface area contributed by atoms with Crippen LogP contribution in [0.3, 0.4) is 0 Å². The molecule has 3 atom stereocenters. The van der Waals surface area contributed by atoms with E-state index < -0.39 is 17.3 Å². The van der Waals surface area contributed by atoms with Crippen molar-refractivity contribution in [1.82, 2.24) is 14.5 Å². The lowest BCUT2D eigenvalue weighted by atomic mass is 9.96. The fourth-order valence-electron chi connectivity index (χ4n) is 6.32. The number of piperazine rings is 1. The molecule has 0 spiro atoms. The molecule has 0 aliphatic carbocycles. The lowest BCUT2D eigenvalue weighted by molar-refractivity contribution is -0.130. The van der Waals surface area contributed by atoms with Gasteiger partial charge in [0.1, 0.15) is 17.5 Å². The molecule has 2 bridgehead atoms. The number of hydrogen-bond donors (Lipinski definition) is 0. The zero-order valence-corrected chi connectivity index (χ0v) is 25.1. The van der Waals surface area contributed by atoms with Crippen molar-refractivity contribution in [2.24, 2.45) is 0 Å². The molecule has 2 fully saturated rings. The summed E-state index contributed by atoms with van der Waals surface area (Å²) in [6.45, 7) is 6.96. The van der Waals surface area contributed by atoms with Gasteiger partial charge in [0.15, 0.2) is 0 Å². The Labute approximate surface area is 249 Å². The van der Waals surface area contributed by atoms with Crippen molar-refractivity contribution in [2.45, 2.75) is 36.4 Å². The smallest absolute Gasteiger partial charge is 0.350 e. The van der Waals surface area contributed by atoms with E-state index in [-0.39, 0.29) is 34.6 Å². The summed E-state index contributed by atoms with van der Waals surface area (Å²) in [7, 11) is 1.59. The van der Waals surface area contributed by atoms with Crippen molar-refractivity contribution in [3.63, 3.8) is 0 Å². The lowest BCUT2D eigenvalue weighted by Crippen LogP contribution is -2.61. The number of methoxy groups -OCH3 is 1. The Morgan fingerprint density at radius 3 is 2.76 bits per heavy atom. The first-order chi connectivity index (χ1) is 19.7. The highest BCUT2D eigenvalue weighted by molar-refractivity contribution is 7.99. The maximum Gasteiger partial charge on any atom is 0.350 e. The maximum absolute atomic E-state index is 15.2. The third-order valence-electron chi connectivity index (χ3n) is 8.05. The second-order valence-corrected chi connectivity index (χ2v) is 13.2. The van der Waals surface area contributed by atoms with Gasteiger partial charge in [0, 0.05) is 59.2 Å². The van der Waals surface area contributed by atoms with Crippen molar-refractivity contribution in [3.05, 3.63) is 63.6 Å². The molecule has 0 saturated carbocycles. The van der Waals surface area contributed by atoms with E-state index in [4.69, 9.17) is 16.3 Å². The molecular weight excluding hydrogens is 590 g/mol. The Balaban J connectivity index is 1.58. The van der Waals surface area contributed by atoms with Crippen molar-refractivity contribution < 1.29 is 18.3 Å². The van der Waals surface area contributed by atoms with Crippen LogP contribution >= 0.6 is 35.1 Å². The molecule has 2 aromatic carbocycles. The van der Waals surface area contributed by atoms with Gasteiger partial charge < -0.3 is 14.5 Å². The molecule has 7 nitrogen and oxygen atoms in total. The summed E-state index contributed by atoms with van der Waals surface area (Å²) in [5.41, 5.74) is 1.76. The number of aryl methyl sites for hydroxylation is 1. The molecule has 3 aromatic rings.